The summed E-state index contributed by atoms with van der Waals surface area (Å²) in [5, 5.41) is 0.873. The van der Waals surface area contributed by atoms with Crippen molar-refractivity contribution in [3.63, 3.8) is 0 Å². The molecule has 142 valence electrons. The molecule has 0 amide bonds. The van der Waals surface area contributed by atoms with Gasteiger partial charge >= 0.3 is 0 Å². The molecule has 1 aliphatic heterocycles. The van der Waals surface area contributed by atoms with E-state index in [1.807, 2.05) is 22.8 Å². The highest BCUT2D eigenvalue weighted by Gasteiger charge is 2.19. The van der Waals surface area contributed by atoms with E-state index in [0.29, 0.717) is 24.6 Å². The second kappa shape index (κ2) is 6.54. The molecule has 5 rings (SSSR count). The number of thiol groups is 1. The van der Waals surface area contributed by atoms with Crippen LogP contribution in [0.3, 0.4) is 0 Å². The number of methoxy groups -OCH3 is 1. The largest absolute Gasteiger partial charge is 0.481 e. The molecule has 0 unspecified atom stereocenters. The number of benzene rings is 1. The monoisotopic (exact) mass is 395 g/mol. The fourth-order valence-electron chi connectivity index (χ4n) is 3.69. The first kappa shape index (κ1) is 17.1. The Morgan fingerprint density at radius 1 is 1.11 bits per heavy atom. The normalized spacial score (nSPS) is 14.6. The van der Waals surface area contributed by atoms with Gasteiger partial charge in [0.1, 0.15) is 11.8 Å². The van der Waals surface area contributed by atoms with Crippen molar-refractivity contribution in [2.75, 3.05) is 13.7 Å². The number of hydrogen-bond acceptors (Lipinski definition) is 6. The van der Waals surface area contributed by atoms with Crippen molar-refractivity contribution in [2.24, 2.45) is 0 Å². The summed E-state index contributed by atoms with van der Waals surface area (Å²) in [6.07, 6.45) is 4.18. The zero-order valence-corrected chi connectivity index (χ0v) is 16.0. The summed E-state index contributed by atoms with van der Waals surface area (Å²) in [4.78, 5) is 13.3. The fourth-order valence-corrected chi connectivity index (χ4v) is 4.22. The van der Waals surface area contributed by atoms with Gasteiger partial charge in [0.2, 0.25) is 16.8 Å². The van der Waals surface area contributed by atoms with E-state index in [4.69, 9.17) is 4.74 Å². The van der Waals surface area contributed by atoms with E-state index in [1.165, 1.54) is 9.87 Å². The number of hydrogen-bond donors (Lipinski definition) is 1. The Bertz CT molecular complexity index is 1290. The molecule has 8 nitrogen and oxygen atoms in total. The molecule has 0 saturated heterocycles. The molecular formula is C19H17N5O3S. The van der Waals surface area contributed by atoms with Crippen molar-refractivity contribution in [1.29, 1.82) is 0 Å². The standard InChI is InChI=1S/C19H17N5O3S/c1-27-17-5-4-15-18-16(9-20-19(15)22-17)21-11-24(18)14-3-2-12-6-7-23(28(25)26)10-13(12)8-14/h2-5,8-9,11,28H,6-7,10H2,1H3. The van der Waals surface area contributed by atoms with Gasteiger partial charge in [-0.3, -0.25) is 4.57 Å². The number of pyridine rings is 2. The summed E-state index contributed by atoms with van der Waals surface area (Å²) >= 11 is 0. The number of aromatic nitrogens is 4. The molecule has 0 bridgehead atoms. The SMILES string of the molecule is COc1ccc2c(ncc3ncn(-c4ccc5c(c4)CN([SH](=O)=O)CC5)c32)n1. The maximum atomic E-state index is 11.4. The van der Waals surface area contributed by atoms with Gasteiger partial charge in [0.15, 0.2) is 5.65 Å². The molecule has 4 aromatic rings. The highest BCUT2D eigenvalue weighted by Crippen LogP contribution is 2.28. The lowest BCUT2D eigenvalue weighted by Crippen LogP contribution is -2.29. The Labute approximate surface area is 162 Å². The number of ether oxygens (including phenoxy) is 1. The Kier molecular flexibility index (Phi) is 3.99. The fraction of sp³-hybridized carbons (Fsp3) is 0.211. The molecular weight excluding hydrogens is 378 g/mol. The van der Waals surface area contributed by atoms with Gasteiger partial charge < -0.3 is 4.74 Å². The maximum absolute atomic E-state index is 11.4. The van der Waals surface area contributed by atoms with Crippen molar-refractivity contribution < 1.29 is 13.2 Å². The van der Waals surface area contributed by atoms with E-state index < -0.39 is 10.9 Å². The van der Waals surface area contributed by atoms with E-state index in [-0.39, 0.29) is 0 Å². The lowest BCUT2D eigenvalue weighted by Gasteiger charge is -2.24. The van der Waals surface area contributed by atoms with Crippen LogP contribution in [-0.4, -0.2) is 45.9 Å². The molecule has 1 aromatic carbocycles. The van der Waals surface area contributed by atoms with Crippen LogP contribution in [0.4, 0.5) is 0 Å². The van der Waals surface area contributed by atoms with Crippen LogP contribution in [-0.2, 0) is 23.9 Å². The van der Waals surface area contributed by atoms with Crippen LogP contribution in [0.25, 0.3) is 27.8 Å². The Hall–Kier alpha value is -3.04. The van der Waals surface area contributed by atoms with E-state index >= 15 is 0 Å². The summed E-state index contributed by atoms with van der Waals surface area (Å²) in [6, 6.07) is 9.87. The van der Waals surface area contributed by atoms with Gasteiger partial charge in [-0.25, -0.2) is 18.4 Å². The first-order chi connectivity index (χ1) is 13.6. The summed E-state index contributed by atoms with van der Waals surface area (Å²) < 4.78 is 31.4. The zero-order valence-electron chi connectivity index (χ0n) is 15.1. The van der Waals surface area contributed by atoms with Crippen LogP contribution in [0, 0.1) is 0 Å². The summed E-state index contributed by atoms with van der Waals surface area (Å²) in [5.41, 5.74) is 5.37. The van der Waals surface area contributed by atoms with Gasteiger partial charge in [-0.05, 0) is 35.7 Å². The van der Waals surface area contributed by atoms with Gasteiger partial charge in [-0.2, -0.15) is 9.29 Å². The summed E-state index contributed by atoms with van der Waals surface area (Å²) in [5.74, 6) is 0.506. The number of nitrogens with zero attached hydrogens (tertiary/aromatic N) is 5. The van der Waals surface area contributed by atoms with Crippen LogP contribution in [0.15, 0.2) is 42.9 Å². The minimum Gasteiger partial charge on any atom is -0.481 e. The molecule has 0 N–H and O–H groups in total. The minimum atomic E-state index is -2.57. The Balaban J connectivity index is 1.67. The molecule has 4 heterocycles. The molecule has 0 fully saturated rings. The molecule has 0 aliphatic carbocycles. The minimum absolute atomic E-state index is 0.398. The lowest BCUT2D eigenvalue weighted by atomic mass is 10.0. The van der Waals surface area contributed by atoms with Crippen molar-refractivity contribution in [2.45, 2.75) is 13.0 Å². The van der Waals surface area contributed by atoms with E-state index in [2.05, 4.69) is 21.0 Å². The third kappa shape index (κ3) is 2.71. The van der Waals surface area contributed by atoms with E-state index in [0.717, 1.165) is 34.1 Å². The van der Waals surface area contributed by atoms with E-state index in [9.17, 15) is 8.42 Å². The third-order valence-electron chi connectivity index (χ3n) is 5.11. The van der Waals surface area contributed by atoms with Crippen molar-refractivity contribution in [3.05, 3.63) is 54.0 Å². The van der Waals surface area contributed by atoms with Crippen molar-refractivity contribution in [3.8, 4) is 11.6 Å². The predicted octanol–water partition coefficient (Wildman–Crippen LogP) is 1.86. The maximum Gasteiger partial charge on any atom is 0.215 e. The van der Waals surface area contributed by atoms with Crippen LogP contribution in [0.2, 0.25) is 0 Å². The van der Waals surface area contributed by atoms with Crippen LogP contribution in [0.5, 0.6) is 5.88 Å². The molecule has 1 aliphatic rings. The lowest BCUT2D eigenvalue weighted by molar-refractivity contribution is 0.399. The highest BCUT2D eigenvalue weighted by molar-refractivity contribution is 7.69. The predicted molar refractivity (Wildman–Crippen MR) is 105 cm³/mol. The smallest absolute Gasteiger partial charge is 0.215 e. The molecule has 0 atom stereocenters. The number of fused-ring (bicyclic) bond motifs is 4. The summed E-state index contributed by atoms with van der Waals surface area (Å²) in [7, 11) is -0.996. The van der Waals surface area contributed by atoms with Gasteiger partial charge in [0, 0.05) is 30.2 Å². The Morgan fingerprint density at radius 2 is 2.00 bits per heavy atom. The number of imidazole rings is 1. The molecule has 0 radical (unpaired) electrons. The second-order valence-corrected chi connectivity index (χ2v) is 7.70. The topological polar surface area (TPSA) is 90.2 Å². The third-order valence-corrected chi connectivity index (χ3v) is 5.91. The van der Waals surface area contributed by atoms with Gasteiger partial charge in [0.25, 0.3) is 0 Å². The van der Waals surface area contributed by atoms with Crippen LogP contribution in [0.1, 0.15) is 11.1 Å². The summed E-state index contributed by atoms with van der Waals surface area (Å²) in [6.45, 7) is 0.929. The quantitative estimate of drug-likeness (QED) is 0.533. The molecule has 9 heteroatoms. The zero-order chi connectivity index (χ0) is 19.3. The molecule has 0 saturated carbocycles. The Morgan fingerprint density at radius 3 is 2.82 bits per heavy atom. The average Bonchev–Trinajstić information content (AvgIpc) is 3.17. The van der Waals surface area contributed by atoms with Gasteiger partial charge in [0.05, 0.1) is 18.8 Å². The molecule has 0 spiro atoms. The van der Waals surface area contributed by atoms with Crippen molar-refractivity contribution in [1.82, 2.24) is 23.8 Å². The highest BCUT2D eigenvalue weighted by atomic mass is 32.2. The van der Waals surface area contributed by atoms with Gasteiger partial charge in [-0.15, -0.1) is 0 Å². The first-order valence-corrected chi connectivity index (χ1v) is 9.95. The average molecular weight is 395 g/mol. The van der Waals surface area contributed by atoms with Gasteiger partial charge in [-0.1, -0.05) is 6.07 Å². The first-order valence-electron chi connectivity index (χ1n) is 8.82. The second-order valence-electron chi connectivity index (χ2n) is 6.66. The molecule has 28 heavy (non-hydrogen) atoms. The van der Waals surface area contributed by atoms with Crippen molar-refractivity contribution >= 4 is 33.0 Å². The number of rotatable bonds is 3. The van der Waals surface area contributed by atoms with Crippen LogP contribution < -0.4 is 4.74 Å². The van der Waals surface area contributed by atoms with Crippen LogP contribution >= 0.6 is 0 Å². The van der Waals surface area contributed by atoms with E-state index in [1.54, 1.807) is 25.7 Å². The molecule has 3 aromatic heterocycles.